The number of aromatic carboxylic acids is 1. The lowest BCUT2D eigenvalue weighted by atomic mass is 10.1. The second-order valence-corrected chi connectivity index (χ2v) is 3.06. The molecule has 0 spiro atoms. The minimum Gasteiger partial charge on any atom is -0.506 e. The van der Waals surface area contributed by atoms with Crippen LogP contribution < -0.4 is 0 Å². The molecule has 0 amide bonds. The first-order chi connectivity index (χ1) is 6.73. The van der Waals surface area contributed by atoms with E-state index in [1.165, 1.54) is 0 Å². The minimum atomic E-state index is -4.85. The molecule has 2 N–H and O–H groups in total. The van der Waals surface area contributed by atoms with Crippen molar-refractivity contribution in [2.45, 2.75) is 6.18 Å². The Morgan fingerprint density at radius 1 is 1.33 bits per heavy atom. The standard InChI is InChI=1S/C8H4ClF3O3/c9-5-1-3(7(14)15)4(2-6(5)13)8(10,11)12/h1-2,13H,(H,14,15). The monoisotopic (exact) mass is 240 g/mol. The molecule has 1 aromatic rings. The molecule has 0 saturated carbocycles. The fraction of sp³-hybridized carbons (Fsp3) is 0.125. The summed E-state index contributed by atoms with van der Waals surface area (Å²) in [5.41, 5.74) is -2.43. The molecule has 0 heterocycles. The van der Waals surface area contributed by atoms with Crippen molar-refractivity contribution >= 4 is 17.6 Å². The molecule has 0 atom stereocenters. The number of alkyl halides is 3. The second kappa shape index (κ2) is 3.62. The molecule has 0 aromatic heterocycles. The van der Waals surface area contributed by atoms with Gasteiger partial charge in [0.2, 0.25) is 0 Å². The Bertz CT molecular complexity index is 414. The first-order valence-corrected chi connectivity index (χ1v) is 3.94. The van der Waals surface area contributed by atoms with Crippen molar-refractivity contribution < 1.29 is 28.2 Å². The van der Waals surface area contributed by atoms with Gasteiger partial charge in [0.1, 0.15) is 5.75 Å². The molecule has 0 fully saturated rings. The summed E-state index contributed by atoms with van der Waals surface area (Å²) < 4.78 is 36.9. The van der Waals surface area contributed by atoms with Crippen LogP contribution in [0, 0.1) is 0 Å². The number of carboxylic acid groups (broad SMARTS) is 1. The zero-order valence-electron chi connectivity index (χ0n) is 6.97. The molecule has 0 bridgehead atoms. The summed E-state index contributed by atoms with van der Waals surface area (Å²) in [6.45, 7) is 0. The van der Waals surface area contributed by atoms with Crippen molar-refractivity contribution in [3.8, 4) is 5.75 Å². The van der Waals surface area contributed by atoms with Crippen LogP contribution in [0.5, 0.6) is 5.75 Å². The zero-order valence-corrected chi connectivity index (χ0v) is 7.73. The lowest BCUT2D eigenvalue weighted by molar-refractivity contribution is -0.138. The maximum Gasteiger partial charge on any atom is 0.417 e. The van der Waals surface area contributed by atoms with E-state index in [2.05, 4.69) is 0 Å². The van der Waals surface area contributed by atoms with Gasteiger partial charge in [-0.15, -0.1) is 0 Å². The average Bonchev–Trinajstić information content (AvgIpc) is 2.06. The third kappa shape index (κ3) is 2.33. The highest BCUT2D eigenvalue weighted by Crippen LogP contribution is 2.37. The Labute approximate surface area is 86.7 Å². The maximum atomic E-state index is 12.3. The van der Waals surface area contributed by atoms with Gasteiger partial charge in [-0.25, -0.2) is 4.79 Å². The molecule has 0 aliphatic rings. The van der Waals surface area contributed by atoms with Crippen LogP contribution in [-0.2, 0) is 6.18 Å². The van der Waals surface area contributed by atoms with Crippen LogP contribution in [0.3, 0.4) is 0 Å². The minimum absolute atomic E-state index is 0.284. The molecule has 0 aliphatic carbocycles. The summed E-state index contributed by atoms with van der Waals surface area (Å²) in [5.74, 6) is -2.57. The molecule has 1 rings (SSSR count). The molecule has 82 valence electrons. The van der Waals surface area contributed by atoms with Gasteiger partial charge < -0.3 is 10.2 Å². The van der Waals surface area contributed by atoms with Crippen LogP contribution in [-0.4, -0.2) is 16.2 Å². The van der Waals surface area contributed by atoms with Gasteiger partial charge in [0, 0.05) is 0 Å². The quantitative estimate of drug-likeness (QED) is 0.794. The normalized spacial score (nSPS) is 11.5. The van der Waals surface area contributed by atoms with Crippen LogP contribution in [0.4, 0.5) is 13.2 Å². The van der Waals surface area contributed by atoms with E-state index in [9.17, 15) is 18.0 Å². The van der Waals surface area contributed by atoms with Crippen molar-refractivity contribution in [3.05, 3.63) is 28.3 Å². The fourth-order valence-electron chi connectivity index (χ4n) is 0.973. The van der Waals surface area contributed by atoms with Gasteiger partial charge in [-0.3, -0.25) is 0 Å². The number of hydrogen-bond acceptors (Lipinski definition) is 2. The predicted molar refractivity (Wildman–Crippen MR) is 45.1 cm³/mol. The smallest absolute Gasteiger partial charge is 0.417 e. The van der Waals surface area contributed by atoms with Gasteiger partial charge >= 0.3 is 12.1 Å². The average molecular weight is 241 g/mol. The number of aromatic hydroxyl groups is 1. The van der Waals surface area contributed by atoms with Gasteiger partial charge in [-0.2, -0.15) is 13.2 Å². The highest BCUT2D eigenvalue weighted by molar-refractivity contribution is 6.32. The molecule has 15 heavy (non-hydrogen) atoms. The van der Waals surface area contributed by atoms with Crippen molar-refractivity contribution in [1.29, 1.82) is 0 Å². The Kier molecular flexibility index (Phi) is 2.81. The second-order valence-electron chi connectivity index (χ2n) is 2.65. The summed E-state index contributed by atoms with van der Waals surface area (Å²) in [5, 5.41) is 17.0. The lowest BCUT2D eigenvalue weighted by Gasteiger charge is -2.11. The number of benzene rings is 1. The lowest BCUT2D eigenvalue weighted by Crippen LogP contribution is -2.12. The van der Waals surface area contributed by atoms with E-state index in [0.717, 1.165) is 0 Å². The number of rotatable bonds is 1. The number of phenolic OH excluding ortho intramolecular Hbond substituents is 1. The van der Waals surface area contributed by atoms with Gasteiger partial charge in [0.15, 0.2) is 0 Å². The summed E-state index contributed by atoms with van der Waals surface area (Å²) in [6.07, 6.45) is -4.85. The molecule has 1 aromatic carbocycles. The van der Waals surface area contributed by atoms with E-state index in [1.54, 1.807) is 0 Å². The highest BCUT2D eigenvalue weighted by Gasteiger charge is 2.36. The number of phenols is 1. The third-order valence-corrected chi connectivity index (χ3v) is 1.93. The number of hydrogen-bond donors (Lipinski definition) is 2. The van der Waals surface area contributed by atoms with Gasteiger partial charge in [0.05, 0.1) is 16.1 Å². The predicted octanol–water partition coefficient (Wildman–Crippen LogP) is 2.76. The summed E-state index contributed by atoms with van der Waals surface area (Å²) in [6, 6.07) is 0.841. The SMILES string of the molecule is O=C(O)c1cc(Cl)c(O)cc1C(F)(F)F. The van der Waals surface area contributed by atoms with Crippen LogP contribution >= 0.6 is 11.6 Å². The van der Waals surface area contributed by atoms with E-state index in [1.807, 2.05) is 0 Å². The number of carbonyl (C=O) groups is 1. The van der Waals surface area contributed by atoms with Gasteiger partial charge in [-0.1, -0.05) is 11.6 Å². The zero-order chi connectivity index (χ0) is 11.8. The topological polar surface area (TPSA) is 57.5 Å². The molecular weight excluding hydrogens is 237 g/mol. The van der Waals surface area contributed by atoms with Crippen LogP contribution in [0.1, 0.15) is 15.9 Å². The molecular formula is C8H4ClF3O3. The largest absolute Gasteiger partial charge is 0.506 e. The maximum absolute atomic E-state index is 12.3. The van der Waals surface area contributed by atoms with Crippen LogP contribution in [0.15, 0.2) is 12.1 Å². The van der Waals surface area contributed by atoms with Crippen molar-refractivity contribution in [1.82, 2.24) is 0 Å². The number of carboxylic acids is 1. The summed E-state index contributed by atoms with van der Waals surface area (Å²) in [4.78, 5) is 10.5. The first kappa shape index (κ1) is 11.6. The van der Waals surface area contributed by atoms with Crippen molar-refractivity contribution in [3.63, 3.8) is 0 Å². The van der Waals surface area contributed by atoms with Gasteiger partial charge in [0.25, 0.3) is 0 Å². The van der Waals surface area contributed by atoms with E-state index in [-0.39, 0.29) is 6.07 Å². The Hall–Kier alpha value is -1.43. The van der Waals surface area contributed by atoms with Crippen LogP contribution in [0.2, 0.25) is 5.02 Å². The molecule has 0 aliphatic heterocycles. The number of halogens is 4. The van der Waals surface area contributed by atoms with E-state index >= 15 is 0 Å². The summed E-state index contributed by atoms with van der Waals surface area (Å²) >= 11 is 5.30. The Balaban J connectivity index is 3.49. The molecule has 7 heteroatoms. The Morgan fingerprint density at radius 3 is 2.27 bits per heavy atom. The molecule has 0 radical (unpaired) electrons. The molecule has 0 unspecified atom stereocenters. The van der Waals surface area contributed by atoms with E-state index < -0.39 is 34.0 Å². The molecule has 0 saturated heterocycles. The fourth-order valence-corrected chi connectivity index (χ4v) is 1.14. The third-order valence-electron chi connectivity index (χ3n) is 1.62. The Morgan fingerprint density at radius 2 is 1.87 bits per heavy atom. The van der Waals surface area contributed by atoms with Gasteiger partial charge in [-0.05, 0) is 12.1 Å². The highest BCUT2D eigenvalue weighted by atomic mass is 35.5. The summed E-state index contributed by atoms with van der Waals surface area (Å²) in [7, 11) is 0. The van der Waals surface area contributed by atoms with Crippen molar-refractivity contribution in [2.75, 3.05) is 0 Å². The van der Waals surface area contributed by atoms with Crippen molar-refractivity contribution in [2.24, 2.45) is 0 Å². The van der Waals surface area contributed by atoms with E-state index in [0.29, 0.717) is 6.07 Å². The van der Waals surface area contributed by atoms with Crippen LogP contribution in [0.25, 0.3) is 0 Å². The first-order valence-electron chi connectivity index (χ1n) is 3.56. The van der Waals surface area contributed by atoms with E-state index in [4.69, 9.17) is 21.8 Å². The molecule has 3 nitrogen and oxygen atoms in total.